The summed E-state index contributed by atoms with van der Waals surface area (Å²) in [5, 5.41) is -0.237. The lowest BCUT2D eigenvalue weighted by Gasteiger charge is -2.24. The summed E-state index contributed by atoms with van der Waals surface area (Å²) in [5.41, 5.74) is 1.43. The van der Waals surface area contributed by atoms with Crippen molar-refractivity contribution < 1.29 is 4.79 Å². The smallest absolute Gasteiger partial charge is 0.221 e. The minimum Gasteiger partial charge on any atom is -0.281 e. The molecule has 0 fully saturated rings. The van der Waals surface area contributed by atoms with Crippen molar-refractivity contribution >= 4 is 16.8 Å². The molecule has 0 spiro atoms. The number of hydrogen-bond donors (Lipinski definition) is 0. The highest BCUT2D eigenvalue weighted by atomic mass is 35.5. The fourth-order valence-corrected chi connectivity index (χ4v) is 1.84. The van der Waals surface area contributed by atoms with Crippen LogP contribution in [0.1, 0.15) is 38.7 Å². The Morgan fingerprint density at radius 2 is 1.87 bits per heavy atom. The highest BCUT2D eigenvalue weighted by Crippen LogP contribution is 2.28. The molecule has 0 aliphatic carbocycles. The van der Waals surface area contributed by atoms with Crippen LogP contribution in [-0.2, 0) is 10.2 Å². The van der Waals surface area contributed by atoms with Crippen molar-refractivity contribution in [1.82, 2.24) is 0 Å². The molecule has 1 aromatic rings. The van der Waals surface area contributed by atoms with Gasteiger partial charge in [-0.25, -0.2) is 0 Å². The van der Waals surface area contributed by atoms with E-state index in [0.717, 1.165) is 12.8 Å². The van der Waals surface area contributed by atoms with Gasteiger partial charge in [0.15, 0.2) is 0 Å². The van der Waals surface area contributed by atoms with Crippen molar-refractivity contribution in [2.45, 2.75) is 38.5 Å². The van der Waals surface area contributed by atoms with Crippen LogP contribution in [0.5, 0.6) is 0 Å². The molecule has 0 heterocycles. The second-order valence-electron chi connectivity index (χ2n) is 4.46. The molecule has 0 saturated heterocycles. The number of rotatable bonds is 5. The fraction of sp³-hybridized carbons (Fsp3) is 0.462. The Hall–Kier alpha value is -0.820. The zero-order chi connectivity index (χ0) is 11.3. The molecule has 82 valence electrons. The first-order valence-electron chi connectivity index (χ1n) is 5.26. The third-order valence-corrected chi connectivity index (χ3v) is 2.92. The van der Waals surface area contributed by atoms with Gasteiger partial charge in [0.1, 0.15) is 0 Å². The van der Waals surface area contributed by atoms with Crippen LogP contribution in [0.2, 0.25) is 0 Å². The molecule has 1 nitrogen and oxygen atoms in total. The summed E-state index contributed by atoms with van der Waals surface area (Å²) in [6.07, 6.45) is 2.30. The minimum absolute atomic E-state index is 0.119. The average molecular weight is 225 g/mol. The fourth-order valence-electron chi connectivity index (χ4n) is 1.70. The topological polar surface area (TPSA) is 17.1 Å². The van der Waals surface area contributed by atoms with Crippen molar-refractivity contribution in [3.8, 4) is 0 Å². The van der Waals surface area contributed by atoms with Crippen LogP contribution >= 0.6 is 11.6 Å². The molecule has 1 aromatic carbocycles. The van der Waals surface area contributed by atoms with Gasteiger partial charge in [-0.1, -0.05) is 44.2 Å². The van der Waals surface area contributed by atoms with Crippen LogP contribution in [0.15, 0.2) is 30.3 Å². The molecule has 1 rings (SSSR count). The molecule has 2 heteroatoms. The summed E-state index contributed by atoms with van der Waals surface area (Å²) in [6, 6.07) is 10.4. The molecule has 15 heavy (non-hydrogen) atoms. The first kappa shape index (κ1) is 12.3. The molecule has 0 aliphatic rings. The van der Waals surface area contributed by atoms with E-state index < -0.39 is 0 Å². The number of hydrogen-bond acceptors (Lipinski definition) is 1. The van der Waals surface area contributed by atoms with Crippen LogP contribution < -0.4 is 0 Å². The lowest BCUT2D eigenvalue weighted by Crippen LogP contribution is -2.17. The van der Waals surface area contributed by atoms with E-state index in [9.17, 15) is 4.79 Å². The van der Waals surface area contributed by atoms with Crippen molar-refractivity contribution in [2.75, 3.05) is 0 Å². The van der Waals surface area contributed by atoms with E-state index in [0.29, 0.717) is 6.42 Å². The average Bonchev–Trinajstić information content (AvgIpc) is 2.18. The van der Waals surface area contributed by atoms with Crippen molar-refractivity contribution in [3.63, 3.8) is 0 Å². The molecule has 0 saturated carbocycles. The second kappa shape index (κ2) is 5.32. The molecule has 0 N–H and O–H groups in total. The summed E-state index contributed by atoms with van der Waals surface area (Å²) < 4.78 is 0. The summed E-state index contributed by atoms with van der Waals surface area (Å²) in [7, 11) is 0. The zero-order valence-electron chi connectivity index (χ0n) is 9.29. The number of halogens is 1. The van der Waals surface area contributed by atoms with Gasteiger partial charge in [0.2, 0.25) is 5.24 Å². The molecule has 0 bridgehead atoms. The predicted molar refractivity (Wildman–Crippen MR) is 64.2 cm³/mol. The molecule has 0 unspecified atom stereocenters. The Balaban J connectivity index is 2.56. The quantitative estimate of drug-likeness (QED) is 0.694. The van der Waals surface area contributed by atoms with Gasteiger partial charge in [-0.15, -0.1) is 0 Å². The molecule has 0 radical (unpaired) electrons. The standard InChI is InChI=1S/C13H17ClO/c1-13(2,10-6-9-12(14)15)11-7-4-3-5-8-11/h3-5,7-8H,6,9-10H2,1-2H3. The minimum atomic E-state index is -0.237. The third-order valence-electron chi connectivity index (χ3n) is 2.73. The van der Waals surface area contributed by atoms with Gasteiger partial charge in [0, 0.05) is 6.42 Å². The van der Waals surface area contributed by atoms with Gasteiger partial charge in [0.05, 0.1) is 0 Å². The second-order valence-corrected chi connectivity index (χ2v) is 4.88. The third kappa shape index (κ3) is 4.05. The monoisotopic (exact) mass is 224 g/mol. The number of benzene rings is 1. The molecular weight excluding hydrogens is 208 g/mol. The van der Waals surface area contributed by atoms with Gasteiger partial charge in [-0.05, 0) is 35.4 Å². The van der Waals surface area contributed by atoms with E-state index in [1.807, 2.05) is 18.2 Å². The van der Waals surface area contributed by atoms with Crippen LogP contribution in [0.4, 0.5) is 0 Å². The Kier molecular flexibility index (Phi) is 4.34. The first-order chi connectivity index (χ1) is 7.02. The lowest BCUT2D eigenvalue weighted by atomic mass is 9.80. The Morgan fingerprint density at radius 3 is 2.40 bits per heavy atom. The van der Waals surface area contributed by atoms with Crippen molar-refractivity contribution in [1.29, 1.82) is 0 Å². The Labute approximate surface area is 96.5 Å². The molecule has 0 aromatic heterocycles. The SMILES string of the molecule is CC(C)(CCCC(=O)Cl)c1ccccc1. The highest BCUT2D eigenvalue weighted by Gasteiger charge is 2.19. The van der Waals surface area contributed by atoms with Crippen molar-refractivity contribution in [2.24, 2.45) is 0 Å². The van der Waals surface area contributed by atoms with Crippen LogP contribution in [0.3, 0.4) is 0 Å². The molecule has 0 amide bonds. The number of carbonyl (C=O) groups is 1. The van der Waals surface area contributed by atoms with E-state index in [-0.39, 0.29) is 10.7 Å². The largest absolute Gasteiger partial charge is 0.281 e. The maximum atomic E-state index is 10.6. The maximum Gasteiger partial charge on any atom is 0.221 e. The van der Waals surface area contributed by atoms with Gasteiger partial charge < -0.3 is 0 Å². The number of carbonyl (C=O) groups excluding carboxylic acids is 1. The van der Waals surface area contributed by atoms with Crippen LogP contribution in [0.25, 0.3) is 0 Å². The van der Waals surface area contributed by atoms with E-state index in [1.165, 1.54) is 5.56 Å². The maximum absolute atomic E-state index is 10.6. The lowest BCUT2D eigenvalue weighted by molar-refractivity contribution is -0.111. The zero-order valence-corrected chi connectivity index (χ0v) is 10.1. The molecular formula is C13H17ClO. The van der Waals surface area contributed by atoms with Crippen LogP contribution in [0, 0.1) is 0 Å². The van der Waals surface area contributed by atoms with Gasteiger partial charge in [-0.2, -0.15) is 0 Å². The summed E-state index contributed by atoms with van der Waals surface area (Å²) >= 11 is 5.31. The van der Waals surface area contributed by atoms with Crippen molar-refractivity contribution in [3.05, 3.63) is 35.9 Å². The van der Waals surface area contributed by atoms with Gasteiger partial charge >= 0.3 is 0 Å². The normalized spacial score (nSPS) is 11.4. The van der Waals surface area contributed by atoms with E-state index in [4.69, 9.17) is 11.6 Å². The summed E-state index contributed by atoms with van der Waals surface area (Å²) in [6.45, 7) is 4.39. The van der Waals surface area contributed by atoms with Gasteiger partial charge in [-0.3, -0.25) is 4.79 Å². The van der Waals surface area contributed by atoms with E-state index in [2.05, 4.69) is 26.0 Å². The molecule has 0 aliphatic heterocycles. The highest BCUT2D eigenvalue weighted by molar-refractivity contribution is 6.63. The molecule has 0 atom stereocenters. The Morgan fingerprint density at radius 1 is 1.27 bits per heavy atom. The first-order valence-corrected chi connectivity index (χ1v) is 5.64. The predicted octanol–water partition coefficient (Wildman–Crippen LogP) is 3.90. The van der Waals surface area contributed by atoms with E-state index >= 15 is 0 Å². The van der Waals surface area contributed by atoms with E-state index in [1.54, 1.807) is 0 Å². The Bertz CT molecular complexity index is 317. The summed E-state index contributed by atoms with van der Waals surface area (Å²) in [5.74, 6) is 0. The van der Waals surface area contributed by atoms with Crippen LogP contribution in [-0.4, -0.2) is 5.24 Å². The summed E-state index contributed by atoms with van der Waals surface area (Å²) in [4.78, 5) is 10.6. The van der Waals surface area contributed by atoms with Gasteiger partial charge in [0.25, 0.3) is 0 Å².